The summed E-state index contributed by atoms with van der Waals surface area (Å²) >= 11 is 7.39. The first-order chi connectivity index (χ1) is 14.0. The summed E-state index contributed by atoms with van der Waals surface area (Å²) in [5, 5.41) is 0.904. The number of thiazole rings is 1. The van der Waals surface area contributed by atoms with E-state index in [0.29, 0.717) is 38.2 Å². The molecule has 29 heavy (non-hydrogen) atoms. The minimum Gasteiger partial charge on any atom is -0.496 e. The summed E-state index contributed by atoms with van der Waals surface area (Å²) in [6.07, 6.45) is 0. The number of benzene rings is 3. The highest BCUT2D eigenvalue weighted by molar-refractivity contribution is 7.22. The third-order valence-corrected chi connectivity index (χ3v) is 5.67. The summed E-state index contributed by atoms with van der Waals surface area (Å²) < 4.78 is 19.7. The second kappa shape index (κ2) is 8.19. The Balaban J connectivity index is 1.81. The number of hydrogen-bond acceptors (Lipinski definition) is 4. The van der Waals surface area contributed by atoms with Gasteiger partial charge in [-0.3, -0.25) is 9.69 Å². The Kier molecular flexibility index (Phi) is 5.47. The number of amides is 1. The molecule has 1 heterocycles. The molecule has 0 atom stereocenters. The van der Waals surface area contributed by atoms with E-state index in [1.807, 2.05) is 30.3 Å². The van der Waals surface area contributed by atoms with Gasteiger partial charge in [-0.05, 0) is 42.0 Å². The number of carbonyl (C=O) groups is 1. The number of carbonyl (C=O) groups excluding carboxylic acids is 1. The molecule has 3 aromatic carbocycles. The molecule has 0 bridgehead atoms. The van der Waals surface area contributed by atoms with Gasteiger partial charge in [-0.15, -0.1) is 0 Å². The van der Waals surface area contributed by atoms with E-state index in [2.05, 4.69) is 4.98 Å². The van der Waals surface area contributed by atoms with Crippen molar-refractivity contribution in [2.45, 2.75) is 6.54 Å². The highest BCUT2D eigenvalue weighted by atomic mass is 35.5. The van der Waals surface area contributed by atoms with Gasteiger partial charge in [-0.25, -0.2) is 9.37 Å². The van der Waals surface area contributed by atoms with Crippen molar-refractivity contribution in [1.29, 1.82) is 0 Å². The van der Waals surface area contributed by atoms with E-state index in [-0.39, 0.29) is 11.7 Å². The Labute approximate surface area is 176 Å². The molecule has 1 aromatic heterocycles. The lowest BCUT2D eigenvalue weighted by Gasteiger charge is -2.21. The highest BCUT2D eigenvalue weighted by Gasteiger charge is 2.25. The van der Waals surface area contributed by atoms with Crippen molar-refractivity contribution in [3.8, 4) is 5.75 Å². The number of fused-ring (bicyclic) bond motifs is 1. The molecule has 146 valence electrons. The fraction of sp³-hybridized carbons (Fsp3) is 0.0909. The lowest BCUT2D eigenvalue weighted by Crippen LogP contribution is -2.30. The van der Waals surface area contributed by atoms with Crippen molar-refractivity contribution >= 4 is 44.2 Å². The average Bonchev–Trinajstić information content (AvgIpc) is 3.15. The van der Waals surface area contributed by atoms with Crippen molar-refractivity contribution < 1.29 is 13.9 Å². The molecule has 0 unspecified atom stereocenters. The summed E-state index contributed by atoms with van der Waals surface area (Å²) in [6, 6.07) is 18.9. The number of rotatable bonds is 5. The minimum absolute atomic E-state index is 0.298. The zero-order valence-electron chi connectivity index (χ0n) is 15.4. The van der Waals surface area contributed by atoms with Gasteiger partial charge in [-0.1, -0.05) is 53.3 Å². The number of methoxy groups -OCH3 is 1. The first kappa shape index (κ1) is 19.4. The van der Waals surface area contributed by atoms with Gasteiger partial charge in [0.1, 0.15) is 11.6 Å². The maximum atomic E-state index is 13.6. The van der Waals surface area contributed by atoms with Crippen LogP contribution in [0.25, 0.3) is 10.2 Å². The summed E-state index contributed by atoms with van der Waals surface area (Å²) in [5.74, 6) is -0.220. The maximum absolute atomic E-state index is 13.6. The molecule has 0 radical (unpaired) electrons. The molecule has 0 N–H and O–H groups in total. The van der Waals surface area contributed by atoms with Crippen LogP contribution in [0.4, 0.5) is 9.52 Å². The predicted molar refractivity (Wildman–Crippen MR) is 115 cm³/mol. The van der Waals surface area contributed by atoms with Crippen molar-refractivity contribution in [3.05, 3.63) is 88.7 Å². The molecule has 0 fully saturated rings. The zero-order valence-corrected chi connectivity index (χ0v) is 17.0. The van der Waals surface area contributed by atoms with E-state index in [0.717, 1.165) is 5.56 Å². The van der Waals surface area contributed by atoms with Crippen LogP contribution >= 0.6 is 22.9 Å². The third-order valence-electron chi connectivity index (χ3n) is 4.39. The number of aromatic nitrogens is 1. The van der Waals surface area contributed by atoms with Crippen LogP contribution in [0, 0.1) is 5.82 Å². The van der Waals surface area contributed by atoms with Crippen LogP contribution in [0.5, 0.6) is 5.75 Å². The monoisotopic (exact) mass is 426 g/mol. The lowest BCUT2D eigenvalue weighted by molar-refractivity contribution is 0.0982. The van der Waals surface area contributed by atoms with Crippen molar-refractivity contribution in [3.63, 3.8) is 0 Å². The molecule has 0 saturated heterocycles. The Hall–Kier alpha value is -2.96. The predicted octanol–water partition coefficient (Wildman–Crippen LogP) is 5.94. The molecule has 4 nitrogen and oxygen atoms in total. The topological polar surface area (TPSA) is 42.4 Å². The summed E-state index contributed by atoms with van der Waals surface area (Å²) in [5.41, 5.74) is 1.91. The van der Waals surface area contributed by atoms with E-state index in [9.17, 15) is 9.18 Å². The first-order valence-electron chi connectivity index (χ1n) is 8.80. The van der Waals surface area contributed by atoms with Crippen LogP contribution in [0.15, 0.2) is 66.7 Å². The van der Waals surface area contributed by atoms with Crippen LogP contribution in [0.2, 0.25) is 5.02 Å². The number of ether oxygens (including phenoxy) is 1. The first-order valence-corrected chi connectivity index (χ1v) is 10.00. The third kappa shape index (κ3) is 4.09. The smallest absolute Gasteiger partial charge is 0.264 e. The van der Waals surface area contributed by atoms with Crippen LogP contribution in [-0.2, 0) is 6.54 Å². The Morgan fingerprint density at radius 3 is 2.69 bits per heavy atom. The molecule has 4 rings (SSSR count). The maximum Gasteiger partial charge on any atom is 0.264 e. The fourth-order valence-electron chi connectivity index (χ4n) is 2.99. The van der Waals surface area contributed by atoms with Gasteiger partial charge in [-0.2, -0.15) is 0 Å². The standard InChI is InChI=1S/C22H16ClFN2O2S/c1-28-19-10-7-15(23)11-17(19)21(27)26(13-14-5-3-2-4-6-14)22-25-18-9-8-16(24)12-20(18)29-22/h2-12H,13H2,1H3. The van der Waals surface area contributed by atoms with Crippen LogP contribution in [0.1, 0.15) is 15.9 Å². The van der Waals surface area contributed by atoms with Crippen molar-refractivity contribution in [2.24, 2.45) is 0 Å². The Morgan fingerprint density at radius 2 is 1.93 bits per heavy atom. The van der Waals surface area contributed by atoms with E-state index < -0.39 is 0 Å². The largest absolute Gasteiger partial charge is 0.496 e. The number of halogens is 2. The van der Waals surface area contributed by atoms with Gasteiger partial charge in [0, 0.05) is 5.02 Å². The quantitative estimate of drug-likeness (QED) is 0.396. The van der Waals surface area contributed by atoms with Gasteiger partial charge in [0.25, 0.3) is 5.91 Å². The van der Waals surface area contributed by atoms with Crippen LogP contribution in [0.3, 0.4) is 0 Å². The summed E-state index contributed by atoms with van der Waals surface area (Å²) in [7, 11) is 1.50. The highest BCUT2D eigenvalue weighted by Crippen LogP contribution is 2.33. The second-order valence-corrected chi connectivity index (χ2v) is 7.78. The van der Waals surface area contributed by atoms with E-state index in [1.165, 1.54) is 30.6 Å². The summed E-state index contributed by atoms with van der Waals surface area (Å²) in [6.45, 7) is 0.303. The molecular weight excluding hydrogens is 411 g/mol. The van der Waals surface area contributed by atoms with Gasteiger partial charge < -0.3 is 4.74 Å². The fourth-order valence-corrected chi connectivity index (χ4v) is 4.15. The molecule has 0 saturated carbocycles. The van der Waals surface area contributed by atoms with Gasteiger partial charge in [0.05, 0.1) is 29.4 Å². The SMILES string of the molecule is COc1ccc(Cl)cc1C(=O)N(Cc1ccccc1)c1nc2ccc(F)cc2s1. The van der Waals surface area contributed by atoms with Crippen molar-refractivity contribution in [2.75, 3.05) is 12.0 Å². The lowest BCUT2D eigenvalue weighted by atomic mass is 10.1. The second-order valence-electron chi connectivity index (χ2n) is 6.33. The molecule has 7 heteroatoms. The normalized spacial score (nSPS) is 10.9. The van der Waals surface area contributed by atoms with Gasteiger partial charge in [0.2, 0.25) is 0 Å². The van der Waals surface area contributed by atoms with E-state index in [4.69, 9.17) is 16.3 Å². The molecular formula is C22H16ClFN2O2S. The molecule has 1 amide bonds. The Bertz CT molecular complexity index is 1180. The molecule has 0 spiro atoms. The van der Waals surface area contributed by atoms with E-state index >= 15 is 0 Å². The number of hydrogen-bond donors (Lipinski definition) is 0. The Morgan fingerprint density at radius 1 is 1.14 bits per heavy atom. The van der Waals surface area contributed by atoms with Crippen LogP contribution < -0.4 is 9.64 Å². The summed E-state index contributed by atoms with van der Waals surface area (Å²) in [4.78, 5) is 19.6. The molecule has 4 aromatic rings. The van der Waals surface area contributed by atoms with Crippen molar-refractivity contribution in [1.82, 2.24) is 4.98 Å². The van der Waals surface area contributed by atoms with Gasteiger partial charge >= 0.3 is 0 Å². The van der Waals surface area contributed by atoms with Crippen LogP contribution in [-0.4, -0.2) is 18.0 Å². The zero-order chi connectivity index (χ0) is 20.4. The minimum atomic E-state index is -0.342. The van der Waals surface area contributed by atoms with E-state index in [1.54, 1.807) is 29.2 Å². The molecule has 0 aliphatic carbocycles. The van der Waals surface area contributed by atoms with Gasteiger partial charge in [0.15, 0.2) is 5.13 Å². The number of nitrogens with zero attached hydrogens (tertiary/aromatic N) is 2. The molecule has 0 aliphatic rings. The molecule has 0 aliphatic heterocycles. The average molecular weight is 427 g/mol. The number of anilines is 1.